The van der Waals surface area contributed by atoms with Gasteiger partial charge in [-0.1, -0.05) is 0 Å². The van der Waals surface area contributed by atoms with Crippen LogP contribution < -0.4 is 10.9 Å². The monoisotopic (exact) mass is 279 g/mol. The highest BCUT2D eigenvalue weighted by molar-refractivity contribution is 7.99. The first-order valence-corrected chi connectivity index (χ1v) is 7.97. The molecule has 0 bridgehead atoms. The van der Waals surface area contributed by atoms with E-state index in [0.29, 0.717) is 6.17 Å². The van der Waals surface area contributed by atoms with Gasteiger partial charge in [-0.2, -0.15) is 11.8 Å². The lowest BCUT2D eigenvalue weighted by Crippen LogP contribution is -2.37. The van der Waals surface area contributed by atoms with Crippen molar-refractivity contribution in [3.8, 4) is 0 Å². The Labute approximate surface area is 113 Å². The number of nitrogens with zero attached hydrogens (tertiary/aromatic N) is 1. The number of nitrogens with one attached hydrogen (secondary N) is 2. The van der Waals surface area contributed by atoms with Crippen molar-refractivity contribution in [2.45, 2.75) is 43.5 Å². The van der Waals surface area contributed by atoms with Crippen LogP contribution in [0.25, 0.3) is 0 Å². The molecule has 1 aliphatic heterocycles. The van der Waals surface area contributed by atoms with Crippen LogP contribution in [-0.4, -0.2) is 41.3 Å². The molecule has 0 radical (unpaired) electrons. The number of hydrazine groups is 1. The van der Waals surface area contributed by atoms with E-state index in [-0.39, 0.29) is 5.50 Å². The third-order valence-corrected chi connectivity index (χ3v) is 5.41. The normalized spacial score (nSPS) is 39.7. The number of hydrogen-bond acceptors (Lipinski definition) is 5. The predicted octanol–water partition coefficient (Wildman–Crippen LogP) is 1.83. The maximum Gasteiger partial charge on any atom is 0.119 e. The highest BCUT2D eigenvalue weighted by Crippen LogP contribution is 2.29. The Bertz CT molecular complexity index is 237. The lowest BCUT2D eigenvalue weighted by atomic mass is 9.90. The summed E-state index contributed by atoms with van der Waals surface area (Å²) in [6.07, 6.45) is 3.48. The molecule has 17 heavy (non-hydrogen) atoms. The molecule has 0 aromatic carbocycles. The summed E-state index contributed by atoms with van der Waals surface area (Å²) in [6.45, 7) is 0. The first-order valence-electron chi connectivity index (χ1n) is 6.29. The van der Waals surface area contributed by atoms with Crippen molar-refractivity contribution >= 4 is 24.4 Å². The van der Waals surface area contributed by atoms with Crippen molar-refractivity contribution in [3.63, 3.8) is 0 Å². The SMILES string of the molecule is CN1C(S)NNC1CSCC1CCC(F)CC1. The first-order chi connectivity index (χ1) is 8.16. The number of hydrogen-bond donors (Lipinski definition) is 3. The molecule has 1 saturated heterocycles. The van der Waals surface area contributed by atoms with Gasteiger partial charge in [0.25, 0.3) is 0 Å². The maximum absolute atomic E-state index is 13.0. The lowest BCUT2D eigenvalue weighted by molar-refractivity contribution is 0.217. The molecule has 1 aliphatic carbocycles. The fourth-order valence-electron chi connectivity index (χ4n) is 2.34. The first kappa shape index (κ1) is 13.9. The molecule has 2 unspecified atom stereocenters. The van der Waals surface area contributed by atoms with Gasteiger partial charge < -0.3 is 0 Å². The van der Waals surface area contributed by atoms with Crippen LogP contribution in [0.5, 0.6) is 0 Å². The van der Waals surface area contributed by atoms with Gasteiger partial charge in [0, 0.05) is 5.75 Å². The standard InChI is InChI=1S/C11H22FN3S2/c1-15-10(13-14-11(15)16)7-17-6-8-2-4-9(12)5-3-8/h8-11,13-14,16H,2-7H2,1H3. The van der Waals surface area contributed by atoms with Crippen LogP contribution >= 0.6 is 24.4 Å². The molecule has 0 aromatic rings. The summed E-state index contributed by atoms with van der Waals surface area (Å²) in [7, 11) is 2.06. The van der Waals surface area contributed by atoms with E-state index in [9.17, 15) is 4.39 Å². The molecular formula is C11H22FN3S2. The van der Waals surface area contributed by atoms with Crippen molar-refractivity contribution in [1.82, 2.24) is 15.8 Å². The van der Waals surface area contributed by atoms with Crippen LogP contribution in [0.15, 0.2) is 0 Å². The molecule has 2 fully saturated rings. The van der Waals surface area contributed by atoms with E-state index in [1.165, 1.54) is 0 Å². The fourth-order valence-corrected chi connectivity index (χ4v) is 3.92. The minimum Gasteiger partial charge on any atom is -0.264 e. The Balaban J connectivity index is 1.60. The zero-order valence-electron chi connectivity index (χ0n) is 10.2. The summed E-state index contributed by atoms with van der Waals surface area (Å²) in [5.41, 5.74) is 6.41. The Kier molecular flexibility index (Phi) is 5.42. The average Bonchev–Trinajstić information content (AvgIpc) is 2.64. The van der Waals surface area contributed by atoms with Gasteiger partial charge in [-0.25, -0.2) is 15.2 Å². The Morgan fingerprint density at radius 3 is 2.53 bits per heavy atom. The maximum atomic E-state index is 13.0. The number of thiol groups is 1. The van der Waals surface area contributed by atoms with Crippen LogP contribution in [0, 0.1) is 5.92 Å². The van der Waals surface area contributed by atoms with Gasteiger partial charge in [-0.15, -0.1) is 12.6 Å². The molecular weight excluding hydrogens is 257 g/mol. The average molecular weight is 279 g/mol. The second-order valence-corrected chi connectivity index (χ2v) is 6.56. The van der Waals surface area contributed by atoms with E-state index >= 15 is 0 Å². The number of thioether (sulfide) groups is 1. The second-order valence-electron chi connectivity index (χ2n) is 5.00. The molecule has 2 rings (SSSR count). The Hall–Kier alpha value is 0.510. The van der Waals surface area contributed by atoms with Crippen LogP contribution in [0.4, 0.5) is 4.39 Å². The zero-order chi connectivity index (χ0) is 12.3. The fraction of sp³-hybridized carbons (Fsp3) is 1.00. The van der Waals surface area contributed by atoms with Crippen molar-refractivity contribution < 1.29 is 4.39 Å². The van der Waals surface area contributed by atoms with E-state index in [4.69, 9.17) is 0 Å². The smallest absolute Gasteiger partial charge is 0.119 e. The minimum atomic E-state index is -0.534. The number of rotatable bonds is 4. The molecule has 0 aromatic heterocycles. The van der Waals surface area contributed by atoms with Gasteiger partial charge in [0.2, 0.25) is 0 Å². The van der Waals surface area contributed by atoms with Crippen LogP contribution in [0.2, 0.25) is 0 Å². The van der Waals surface area contributed by atoms with Crippen molar-refractivity contribution in [3.05, 3.63) is 0 Å². The van der Waals surface area contributed by atoms with Gasteiger partial charge in [0.15, 0.2) is 0 Å². The zero-order valence-corrected chi connectivity index (χ0v) is 11.9. The van der Waals surface area contributed by atoms with Crippen molar-refractivity contribution in [2.75, 3.05) is 18.6 Å². The summed E-state index contributed by atoms with van der Waals surface area (Å²) in [5, 5.41) is 0. The molecule has 100 valence electrons. The molecule has 1 heterocycles. The van der Waals surface area contributed by atoms with Gasteiger partial charge in [0.05, 0.1) is 6.17 Å². The molecule has 0 spiro atoms. The third kappa shape index (κ3) is 3.99. The van der Waals surface area contributed by atoms with Crippen molar-refractivity contribution in [2.24, 2.45) is 5.92 Å². The van der Waals surface area contributed by atoms with E-state index < -0.39 is 6.17 Å². The molecule has 3 nitrogen and oxygen atoms in total. The van der Waals surface area contributed by atoms with Gasteiger partial charge in [0.1, 0.15) is 11.7 Å². The van der Waals surface area contributed by atoms with Crippen LogP contribution in [0.3, 0.4) is 0 Å². The number of halogens is 1. The van der Waals surface area contributed by atoms with E-state index in [1.807, 2.05) is 11.8 Å². The second kappa shape index (κ2) is 6.61. The Morgan fingerprint density at radius 2 is 1.94 bits per heavy atom. The molecule has 0 amide bonds. The quantitative estimate of drug-likeness (QED) is 0.685. The summed E-state index contributed by atoms with van der Waals surface area (Å²) in [6, 6.07) is 0. The van der Waals surface area contributed by atoms with E-state index in [2.05, 4.69) is 35.4 Å². The van der Waals surface area contributed by atoms with Gasteiger partial charge >= 0.3 is 0 Å². The van der Waals surface area contributed by atoms with E-state index in [1.54, 1.807) is 0 Å². The topological polar surface area (TPSA) is 27.3 Å². The predicted molar refractivity (Wildman–Crippen MR) is 74.8 cm³/mol. The van der Waals surface area contributed by atoms with Gasteiger partial charge in [-0.3, -0.25) is 4.90 Å². The summed E-state index contributed by atoms with van der Waals surface area (Å²) < 4.78 is 13.0. The highest BCUT2D eigenvalue weighted by atomic mass is 32.2. The largest absolute Gasteiger partial charge is 0.264 e. The molecule has 2 atom stereocenters. The summed E-state index contributed by atoms with van der Waals surface area (Å²) in [4.78, 5) is 2.18. The lowest BCUT2D eigenvalue weighted by Gasteiger charge is -2.25. The summed E-state index contributed by atoms with van der Waals surface area (Å²) in [5.74, 6) is 2.94. The van der Waals surface area contributed by atoms with E-state index in [0.717, 1.165) is 43.1 Å². The van der Waals surface area contributed by atoms with Crippen LogP contribution in [-0.2, 0) is 0 Å². The molecule has 1 saturated carbocycles. The molecule has 6 heteroatoms. The molecule has 2 N–H and O–H groups in total. The Morgan fingerprint density at radius 1 is 1.24 bits per heavy atom. The molecule has 2 aliphatic rings. The minimum absolute atomic E-state index is 0.0996. The van der Waals surface area contributed by atoms with Crippen LogP contribution in [0.1, 0.15) is 25.7 Å². The van der Waals surface area contributed by atoms with Gasteiger partial charge in [-0.05, 0) is 44.4 Å². The van der Waals surface area contributed by atoms with Crippen molar-refractivity contribution in [1.29, 1.82) is 0 Å². The summed E-state index contributed by atoms with van der Waals surface area (Å²) >= 11 is 6.35. The number of alkyl halides is 1. The highest BCUT2D eigenvalue weighted by Gasteiger charge is 2.27. The third-order valence-electron chi connectivity index (χ3n) is 3.66.